The summed E-state index contributed by atoms with van der Waals surface area (Å²) in [5.41, 5.74) is 3.29. The molecular formula is C21H23N3O2. The second-order valence-corrected chi connectivity index (χ2v) is 6.28. The molecule has 0 aliphatic carbocycles. The number of ether oxygens (including phenoxy) is 1. The van der Waals surface area contributed by atoms with Crippen molar-refractivity contribution >= 4 is 11.7 Å². The number of aromatic nitrogens is 2. The molecule has 5 nitrogen and oxygen atoms in total. The Balaban J connectivity index is 1.58. The fourth-order valence-corrected chi connectivity index (χ4v) is 2.72. The van der Waals surface area contributed by atoms with Gasteiger partial charge < -0.3 is 10.1 Å². The van der Waals surface area contributed by atoms with Crippen LogP contribution in [0.25, 0.3) is 0 Å². The van der Waals surface area contributed by atoms with Crippen molar-refractivity contribution in [1.82, 2.24) is 9.78 Å². The summed E-state index contributed by atoms with van der Waals surface area (Å²) >= 11 is 0. The molecule has 0 radical (unpaired) electrons. The number of para-hydroxylation sites is 1. The summed E-state index contributed by atoms with van der Waals surface area (Å²) in [6, 6.07) is 17.8. The van der Waals surface area contributed by atoms with Gasteiger partial charge in [0.15, 0.2) is 0 Å². The molecule has 0 aliphatic rings. The van der Waals surface area contributed by atoms with Crippen molar-refractivity contribution in [3.8, 4) is 5.75 Å². The molecule has 0 saturated heterocycles. The molecule has 0 unspecified atom stereocenters. The van der Waals surface area contributed by atoms with Gasteiger partial charge in [-0.3, -0.25) is 4.79 Å². The van der Waals surface area contributed by atoms with Gasteiger partial charge in [-0.25, -0.2) is 4.68 Å². The van der Waals surface area contributed by atoms with Crippen molar-refractivity contribution in [3.05, 3.63) is 77.5 Å². The second kappa shape index (κ2) is 8.34. The Morgan fingerprint density at radius 2 is 1.92 bits per heavy atom. The maximum Gasteiger partial charge on any atom is 0.228 e. The Kier molecular flexibility index (Phi) is 5.69. The number of hydrogen-bond donors (Lipinski definition) is 1. The van der Waals surface area contributed by atoms with Gasteiger partial charge in [-0.15, -0.1) is 0 Å². The van der Waals surface area contributed by atoms with E-state index in [1.54, 1.807) is 6.20 Å². The van der Waals surface area contributed by atoms with E-state index in [2.05, 4.69) is 35.5 Å². The van der Waals surface area contributed by atoms with Crippen LogP contribution in [0.1, 0.15) is 23.1 Å². The molecule has 0 atom stereocenters. The van der Waals surface area contributed by atoms with E-state index in [1.165, 1.54) is 5.56 Å². The average molecular weight is 349 g/mol. The van der Waals surface area contributed by atoms with E-state index in [1.807, 2.05) is 48.0 Å². The topological polar surface area (TPSA) is 56.2 Å². The minimum atomic E-state index is -0.0879. The normalized spacial score (nSPS) is 10.5. The van der Waals surface area contributed by atoms with Gasteiger partial charge in [-0.1, -0.05) is 48.0 Å². The Hall–Kier alpha value is -3.08. The maximum atomic E-state index is 12.3. The maximum absolute atomic E-state index is 12.3. The third-order valence-corrected chi connectivity index (χ3v) is 4.04. The number of carbonyl (C=O) groups is 1. The van der Waals surface area contributed by atoms with Gasteiger partial charge in [0, 0.05) is 5.56 Å². The molecular weight excluding hydrogens is 326 g/mol. The Bertz CT molecular complexity index is 872. The van der Waals surface area contributed by atoms with Crippen molar-refractivity contribution in [1.29, 1.82) is 0 Å². The minimum Gasteiger partial charge on any atom is -0.493 e. The molecule has 0 aliphatic heterocycles. The number of aryl methyl sites for hydroxylation is 2. The summed E-state index contributed by atoms with van der Waals surface area (Å²) < 4.78 is 7.40. The number of anilines is 1. The number of rotatable bonds is 7. The molecule has 2 aromatic carbocycles. The fourth-order valence-electron chi connectivity index (χ4n) is 2.72. The smallest absolute Gasteiger partial charge is 0.228 e. The number of nitrogens with one attached hydrogen (secondary N) is 1. The lowest BCUT2D eigenvalue weighted by atomic mass is 10.1. The van der Waals surface area contributed by atoms with Gasteiger partial charge in [0.2, 0.25) is 5.91 Å². The molecule has 3 aromatic rings. The largest absolute Gasteiger partial charge is 0.493 e. The molecule has 1 N–H and O–H groups in total. The van der Waals surface area contributed by atoms with Gasteiger partial charge in [0.1, 0.15) is 11.6 Å². The molecule has 26 heavy (non-hydrogen) atoms. The van der Waals surface area contributed by atoms with Crippen molar-refractivity contribution < 1.29 is 9.53 Å². The minimum absolute atomic E-state index is 0.0879. The first-order valence-electron chi connectivity index (χ1n) is 8.67. The van der Waals surface area contributed by atoms with E-state index < -0.39 is 0 Å². The summed E-state index contributed by atoms with van der Waals surface area (Å²) in [6.45, 7) is 4.95. The first-order valence-corrected chi connectivity index (χ1v) is 8.67. The van der Waals surface area contributed by atoms with Gasteiger partial charge in [0.05, 0.1) is 25.8 Å². The van der Waals surface area contributed by atoms with Crippen LogP contribution in [0.3, 0.4) is 0 Å². The molecule has 1 aromatic heterocycles. The Labute approximate surface area is 153 Å². The average Bonchev–Trinajstić information content (AvgIpc) is 2.96. The molecule has 0 fully saturated rings. The van der Waals surface area contributed by atoms with Crippen LogP contribution in [-0.4, -0.2) is 22.3 Å². The summed E-state index contributed by atoms with van der Waals surface area (Å²) in [4.78, 5) is 12.3. The van der Waals surface area contributed by atoms with Crippen molar-refractivity contribution in [2.45, 2.75) is 26.8 Å². The van der Waals surface area contributed by atoms with Crippen LogP contribution in [0.4, 0.5) is 5.82 Å². The number of nitrogens with zero attached hydrogens (tertiary/aromatic N) is 2. The van der Waals surface area contributed by atoms with Crippen LogP contribution in [0.5, 0.6) is 5.75 Å². The molecule has 0 bridgehead atoms. The zero-order chi connectivity index (χ0) is 18.4. The highest BCUT2D eigenvalue weighted by atomic mass is 16.5. The summed E-state index contributed by atoms with van der Waals surface area (Å²) in [6.07, 6.45) is 2.05. The van der Waals surface area contributed by atoms with Crippen molar-refractivity contribution in [2.24, 2.45) is 0 Å². The van der Waals surface area contributed by atoms with Crippen LogP contribution in [0, 0.1) is 13.8 Å². The lowest BCUT2D eigenvalue weighted by molar-refractivity contribution is -0.116. The standard InChI is InChI=1S/C21H23N3O2/c1-16-7-6-8-18(13-16)15-24-21(17(2)14-22-24)23-20(25)11-12-26-19-9-4-3-5-10-19/h3-10,13-14H,11-12,15H2,1-2H3,(H,23,25). The van der Waals surface area contributed by atoms with Gasteiger partial charge in [-0.2, -0.15) is 5.10 Å². The van der Waals surface area contributed by atoms with Gasteiger partial charge in [-0.05, 0) is 31.5 Å². The predicted molar refractivity (Wildman–Crippen MR) is 102 cm³/mol. The molecule has 134 valence electrons. The Morgan fingerprint density at radius 1 is 1.12 bits per heavy atom. The second-order valence-electron chi connectivity index (χ2n) is 6.28. The number of hydrogen-bond acceptors (Lipinski definition) is 3. The van der Waals surface area contributed by atoms with E-state index in [4.69, 9.17) is 4.74 Å². The zero-order valence-electron chi connectivity index (χ0n) is 15.1. The first-order chi connectivity index (χ1) is 12.6. The van der Waals surface area contributed by atoms with Crippen LogP contribution in [0.15, 0.2) is 60.8 Å². The molecule has 1 amide bonds. The van der Waals surface area contributed by atoms with Crippen LogP contribution >= 0.6 is 0 Å². The number of amides is 1. The number of carbonyl (C=O) groups excluding carboxylic acids is 1. The zero-order valence-corrected chi connectivity index (χ0v) is 15.1. The molecule has 5 heteroatoms. The molecule has 0 spiro atoms. The van der Waals surface area contributed by atoms with E-state index >= 15 is 0 Å². The SMILES string of the molecule is Cc1cccc(Cn2ncc(C)c2NC(=O)CCOc2ccccc2)c1. The lowest BCUT2D eigenvalue weighted by Gasteiger charge is -2.11. The quantitative estimate of drug-likeness (QED) is 0.702. The number of benzene rings is 2. The summed E-state index contributed by atoms with van der Waals surface area (Å²) in [5, 5.41) is 7.35. The highest BCUT2D eigenvalue weighted by Gasteiger charge is 2.12. The van der Waals surface area contributed by atoms with E-state index in [9.17, 15) is 4.79 Å². The fraction of sp³-hybridized carbons (Fsp3) is 0.238. The highest BCUT2D eigenvalue weighted by Crippen LogP contribution is 2.17. The van der Waals surface area contributed by atoms with Gasteiger partial charge in [0.25, 0.3) is 0 Å². The molecule has 3 rings (SSSR count). The van der Waals surface area contributed by atoms with Crippen LogP contribution < -0.4 is 10.1 Å². The van der Waals surface area contributed by atoms with E-state index in [0.717, 1.165) is 22.7 Å². The molecule has 1 heterocycles. The van der Waals surface area contributed by atoms with E-state index in [-0.39, 0.29) is 12.3 Å². The third kappa shape index (κ3) is 4.72. The highest BCUT2D eigenvalue weighted by molar-refractivity contribution is 5.90. The third-order valence-electron chi connectivity index (χ3n) is 4.04. The summed E-state index contributed by atoms with van der Waals surface area (Å²) in [7, 11) is 0. The lowest BCUT2D eigenvalue weighted by Crippen LogP contribution is -2.19. The van der Waals surface area contributed by atoms with Crippen LogP contribution in [0.2, 0.25) is 0 Å². The van der Waals surface area contributed by atoms with Crippen molar-refractivity contribution in [2.75, 3.05) is 11.9 Å². The van der Waals surface area contributed by atoms with Crippen molar-refractivity contribution in [3.63, 3.8) is 0 Å². The Morgan fingerprint density at radius 3 is 2.69 bits per heavy atom. The van der Waals surface area contributed by atoms with E-state index in [0.29, 0.717) is 13.2 Å². The molecule has 0 saturated carbocycles. The monoisotopic (exact) mass is 349 g/mol. The predicted octanol–water partition coefficient (Wildman–Crippen LogP) is 3.96. The first kappa shape index (κ1) is 17.7. The van der Waals surface area contributed by atoms with Crippen LogP contribution in [-0.2, 0) is 11.3 Å². The summed E-state index contributed by atoms with van der Waals surface area (Å²) in [5.74, 6) is 1.41. The van der Waals surface area contributed by atoms with Gasteiger partial charge >= 0.3 is 0 Å².